The fourth-order valence-corrected chi connectivity index (χ4v) is 2.75. The molecule has 1 aromatic heterocycles. The highest BCUT2D eigenvalue weighted by Crippen LogP contribution is 2.36. The van der Waals surface area contributed by atoms with Crippen molar-refractivity contribution in [2.24, 2.45) is 5.41 Å². The van der Waals surface area contributed by atoms with E-state index in [1.807, 2.05) is 18.2 Å². The standard InChI is InChI=1S/C17H24N2O4/c1-16(2,3)23-15(22)19-11-9-17(12-19,14(20)21)8-7-13-6-4-5-10-18-13/h4-6,10H,7-9,11-12H2,1-3H3,(H,20,21). The maximum atomic E-state index is 12.1. The van der Waals surface area contributed by atoms with Gasteiger partial charge in [0.15, 0.2) is 0 Å². The van der Waals surface area contributed by atoms with Crippen LogP contribution in [0, 0.1) is 5.41 Å². The number of carbonyl (C=O) groups is 2. The van der Waals surface area contributed by atoms with Gasteiger partial charge in [-0.3, -0.25) is 9.78 Å². The lowest BCUT2D eigenvalue weighted by atomic mass is 9.82. The summed E-state index contributed by atoms with van der Waals surface area (Å²) in [5.41, 5.74) is -0.641. The Bertz CT molecular complexity index is 568. The number of rotatable bonds is 4. The van der Waals surface area contributed by atoms with Crippen molar-refractivity contribution >= 4 is 12.1 Å². The predicted molar refractivity (Wildman–Crippen MR) is 85.1 cm³/mol. The third-order valence-electron chi connectivity index (χ3n) is 4.05. The first-order chi connectivity index (χ1) is 10.7. The molecule has 1 saturated heterocycles. The van der Waals surface area contributed by atoms with Gasteiger partial charge >= 0.3 is 12.1 Å². The largest absolute Gasteiger partial charge is 0.481 e. The highest BCUT2D eigenvalue weighted by atomic mass is 16.6. The molecule has 0 saturated carbocycles. The molecule has 0 bridgehead atoms. The van der Waals surface area contributed by atoms with E-state index in [1.54, 1.807) is 27.0 Å². The summed E-state index contributed by atoms with van der Waals surface area (Å²) in [6, 6.07) is 5.60. The molecule has 1 atom stereocenters. The van der Waals surface area contributed by atoms with Crippen molar-refractivity contribution in [1.29, 1.82) is 0 Å². The lowest BCUT2D eigenvalue weighted by molar-refractivity contribution is -0.148. The van der Waals surface area contributed by atoms with Gasteiger partial charge < -0.3 is 14.7 Å². The van der Waals surface area contributed by atoms with Gasteiger partial charge in [-0.25, -0.2) is 4.79 Å². The number of aromatic nitrogens is 1. The van der Waals surface area contributed by atoms with Crippen LogP contribution in [0.3, 0.4) is 0 Å². The molecule has 1 amide bonds. The minimum absolute atomic E-state index is 0.185. The molecule has 6 nitrogen and oxygen atoms in total. The molecule has 1 aliphatic heterocycles. The van der Waals surface area contributed by atoms with Crippen molar-refractivity contribution in [3.8, 4) is 0 Å². The number of hydrogen-bond acceptors (Lipinski definition) is 4. The molecule has 1 unspecified atom stereocenters. The number of hydrogen-bond donors (Lipinski definition) is 1. The smallest absolute Gasteiger partial charge is 0.410 e. The van der Waals surface area contributed by atoms with E-state index < -0.39 is 23.1 Å². The van der Waals surface area contributed by atoms with Crippen LogP contribution >= 0.6 is 0 Å². The molecule has 1 N–H and O–H groups in total. The molecule has 0 aromatic carbocycles. The normalized spacial score (nSPS) is 21.3. The molecule has 2 heterocycles. The van der Waals surface area contributed by atoms with Gasteiger partial charge in [-0.1, -0.05) is 6.07 Å². The van der Waals surface area contributed by atoms with E-state index in [0.717, 1.165) is 5.69 Å². The van der Waals surface area contributed by atoms with E-state index in [4.69, 9.17) is 4.74 Å². The van der Waals surface area contributed by atoms with E-state index in [2.05, 4.69) is 4.98 Å². The second-order valence-corrected chi connectivity index (χ2v) is 7.06. The van der Waals surface area contributed by atoms with Crippen molar-refractivity contribution in [3.05, 3.63) is 30.1 Å². The zero-order valence-corrected chi connectivity index (χ0v) is 13.9. The molecular weight excluding hydrogens is 296 g/mol. The first-order valence-electron chi connectivity index (χ1n) is 7.83. The predicted octanol–water partition coefficient (Wildman–Crippen LogP) is 2.73. The van der Waals surface area contributed by atoms with Gasteiger partial charge in [-0.2, -0.15) is 0 Å². The van der Waals surface area contributed by atoms with E-state index in [0.29, 0.717) is 25.8 Å². The van der Waals surface area contributed by atoms with E-state index >= 15 is 0 Å². The summed E-state index contributed by atoms with van der Waals surface area (Å²) in [7, 11) is 0. The lowest BCUT2D eigenvalue weighted by Crippen LogP contribution is -2.39. The molecule has 2 rings (SSSR count). The van der Waals surface area contributed by atoms with Crippen molar-refractivity contribution in [2.75, 3.05) is 13.1 Å². The summed E-state index contributed by atoms with van der Waals surface area (Å²) in [6.45, 7) is 5.99. The summed E-state index contributed by atoms with van der Waals surface area (Å²) in [5, 5.41) is 9.67. The van der Waals surface area contributed by atoms with Crippen LogP contribution in [0.5, 0.6) is 0 Å². The average molecular weight is 320 g/mol. The second kappa shape index (κ2) is 6.56. The van der Waals surface area contributed by atoms with E-state index in [-0.39, 0.29) is 6.54 Å². The Morgan fingerprint density at radius 2 is 2.13 bits per heavy atom. The minimum atomic E-state index is -0.922. The van der Waals surface area contributed by atoms with Crippen LogP contribution in [0.25, 0.3) is 0 Å². The Morgan fingerprint density at radius 1 is 1.39 bits per heavy atom. The number of carboxylic acids is 1. The minimum Gasteiger partial charge on any atom is -0.481 e. The molecule has 126 valence electrons. The van der Waals surface area contributed by atoms with Gasteiger partial charge in [0.05, 0.1) is 5.41 Å². The maximum absolute atomic E-state index is 12.1. The molecule has 1 fully saturated rings. The van der Waals surface area contributed by atoms with Crippen LogP contribution in [-0.4, -0.2) is 45.7 Å². The Balaban J connectivity index is 2.02. The first kappa shape index (κ1) is 17.2. The number of pyridine rings is 1. The van der Waals surface area contributed by atoms with Gasteiger partial charge in [0, 0.05) is 25.0 Å². The number of ether oxygens (including phenoxy) is 1. The van der Waals surface area contributed by atoms with Crippen LogP contribution in [0.2, 0.25) is 0 Å². The summed E-state index contributed by atoms with van der Waals surface area (Å²) in [6.07, 6.45) is 2.73. The SMILES string of the molecule is CC(C)(C)OC(=O)N1CCC(CCc2ccccn2)(C(=O)O)C1. The van der Waals surface area contributed by atoms with Crippen molar-refractivity contribution in [3.63, 3.8) is 0 Å². The van der Waals surface area contributed by atoms with E-state index in [1.165, 1.54) is 4.90 Å². The van der Waals surface area contributed by atoms with Gasteiger partial charge in [0.1, 0.15) is 5.60 Å². The Kier molecular flexibility index (Phi) is 4.92. The van der Waals surface area contributed by atoms with Crippen LogP contribution in [0.1, 0.15) is 39.3 Å². The van der Waals surface area contributed by atoms with Crippen molar-refractivity contribution < 1.29 is 19.4 Å². The van der Waals surface area contributed by atoms with Crippen LogP contribution in [-0.2, 0) is 16.0 Å². The third kappa shape index (κ3) is 4.43. The maximum Gasteiger partial charge on any atom is 0.410 e. The van der Waals surface area contributed by atoms with Crippen molar-refractivity contribution in [1.82, 2.24) is 9.88 Å². The number of carbonyl (C=O) groups excluding carboxylic acids is 1. The highest BCUT2D eigenvalue weighted by Gasteiger charge is 2.46. The summed E-state index contributed by atoms with van der Waals surface area (Å²) >= 11 is 0. The van der Waals surface area contributed by atoms with E-state index in [9.17, 15) is 14.7 Å². The van der Waals surface area contributed by atoms with Gasteiger partial charge in [-0.15, -0.1) is 0 Å². The zero-order valence-electron chi connectivity index (χ0n) is 13.9. The molecule has 0 spiro atoms. The summed E-state index contributed by atoms with van der Waals surface area (Å²) in [5.74, 6) is -0.862. The molecule has 6 heteroatoms. The van der Waals surface area contributed by atoms with Crippen LogP contribution in [0.4, 0.5) is 4.79 Å². The number of aryl methyl sites for hydroxylation is 1. The number of aliphatic carboxylic acids is 1. The molecular formula is C17H24N2O4. The van der Waals surface area contributed by atoms with Crippen LogP contribution < -0.4 is 0 Å². The molecule has 0 radical (unpaired) electrons. The molecule has 23 heavy (non-hydrogen) atoms. The summed E-state index contributed by atoms with van der Waals surface area (Å²) in [4.78, 5) is 29.7. The van der Waals surface area contributed by atoms with Crippen LogP contribution in [0.15, 0.2) is 24.4 Å². The molecule has 1 aromatic rings. The number of carboxylic acid groups (broad SMARTS) is 1. The van der Waals surface area contributed by atoms with Gasteiger partial charge in [0.2, 0.25) is 0 Å². The Labute approximate surface area is 136 Å². The summed E-state index contributed by atoms with van der Waals surface area (Å²) < 4.78 is 5.34. The topological polar surface area (TPSA) is 79.7 Å². The quantitative estimate of drug-likeness (QED) is 0.922. The lowest BCUT2D eigenvalue weighted by Gasteiger charge is -2.27. The fraction of sp³-hybridized carbons (Fsp3) is 0.588. The molecule has 1 aliphatic rings. The highest BCUT2D eigenvalue weighted by molar-refractivity contribution is 5.78. The van der Waals surface area contributed by atoms with Gasteiger partial charge in [-0.05, 0) is 52.2 Å². The monoisotopic (exact) mass is 320 g/mol. The first-order valence-corrected chi connectivity index (χ1v) is 7.83. The van der Waals surface area contributed by atoms with Crippen molar-refractivity contribution in [2.45, 2.75) is 45.6 Å². The molecule has 0 aliphatic carbocycles. The van der Waals surface area contributed by atoms with Gasteiger partial charge in [0.25, 0.3) is 0 Å². The third-order valence-corrected chi connectivity index (χ3v) is 4.05. The average Bonchev–Trinajstić information content (AvgIpc) is 2.90. The zero-order chi connectivity index (χ0) is 17.1. The number of nitrogens with zero attached hydrogens (tertiary/aromatic N) is 2. The Hall–Kier alpha value is -2.11. The number of amides is 1. The number of likely N-dealkylation sites (tertiary alicyclic amines) is 1. The Morgan fingerprint density at radius 3 is 2.70 bits per heavy atom. The second-order valence-electron chi connectivity index (χ2n) is 7.06. The fourth-order valence-electron chi connectivity index (χ4n) is 2.75.